The van der Waals surface area contributed by atoms with Gasteiger partial charge in [0.25, 0.3) is 0 Å². The summed E-state index contributed by atoms with van der Waals surface area (Å²) in [4.78, 5) is 10.1. The molecule has 1 heterocycles. The van der Waals surface area contributed by atoms with Crippen LogP contribution in [0.2, 0.25) is 0 Å². The van der Waals surface area contributed by atoms with E-state index in [0.29, 0.717) is 13.2 Å². The Hall–Kier alpha value is -0.150. The van der Waals surface area contributed by atoms with Crippen molar-refractivity contribution in [3.05, 3.63) is 4.91 Å². The lowest BCUT2D eigenvalue weighted by atomic mass is 10.7. The number of hydrogen-bond acceptors (Lipinski definition) is 2. The Labute approximate surface area is 48.1 Å². The first-order valence-electron chi connectivity index (χ1n) is 2.02. The maximum absolute atomic E-state index is 10.1. The normalized spacial score (nSPS) is 19.1. The molecule has 0 unspecified atom stereocenters. The van der Waals surface area contributed by atoms with Crippen LogP contribution in [0.3, 0.4) is 0 Å². The average Bonchev–Trinajstić information content (AvgIpc) is 1.86. The Balaban J connectivity index is 0.000000360. The molecule has 1 aliphatic heterocycles. The van der Waals surface area contributed by atoms with Crippen LogP contribution in [0.15, 0.2) is 0 Å². The molecular weight excluding hydrogens is 115 g/mol. The molecule has 4 heteroatoms. The summed E-state index contributed by atoms with van der Waals surface area (Å²) in [7, 11) is 0. The van der Waals surface area contributed by atoms with E-state index < -0.39 is 0 Å². The van der Waals surface area contributed by atoms with Gasteiger partial charge in [-0.15, -0.1) is 0 Å². The first-order valence-corrected chi connectivity index (χ1v) is 2.02. The van der Waals surface area contributed by atoms with Crippen LogP contribution in [-0.4, -0.2) is 24.5 Å². The molecule has 7 heavy (non-hydrogen) atoms. The molecule has 0 atom stereocenters. The molecule has 1 saturated heterocycles. The van der Waals surface area contributed by atoms with Crippen molar-refractivity contribution in [1.29, 1.82) is 0 Å². The maximum Gasteiger partial charge on any atom is 0.245 e. The molecule has 0 aliphatic carbocycles. The fourth-order valence-electron chi connectivity index (χ4n) is 0.487. The molecule has 0 aromatic carbocycles. The van der Waals surface area contributed by atoms with Gasteiger partial charge in [0.05, 0.1) is 6.54 Å². The summed E-state index contributed by atoms with van der Waals surface area (Å²) in [5.41, 5.74) is 0. The van der Waals surface area contributed by atoms with Crippen molar-refractivity contribution in [2.45, 2.75) is 0 Å². The van der Waals surface area contributed by atoms with Crippen LogP contribution < -0.4 is 17.7 Å². The Kier molecular flexibility index (Phi) is 2.87. The molecule has 1 fully saturated rings. The summed E-state index contributed by atoms with van der Waals surface area (Å²) in [6.07, 6.45) is 0. The third-order valence-corrected chi connectivity index (χ3v) is 0.826. The van der Waals surface area contributed by atoms with Crippen molar-refractivity contribution in [2.24, 2.45) is 0 Å². The molecule has 0 saturated carbocycles. The number of nitroso groups, excluding NO2 is 1. The van der Waals surface area contributed by atoms with Crippen LogP contribution >= 0.6 is 0 Å². The van der Waals surface area contributed by atoms with Gasteiger partial charge in [-0.1, -0.05) is 0 Å². The fraction of sp³-hybridized carbons (Fsp3) is 1.00. The van der Waals surface area contributed by atoms with Gasteiger partial charge in [0.2, 0.25) is 13.2 Å². The van der Waals surface area contributed by atoms with Crippen LogP contribution in [0, 0.1) is 4.91 Å². The summed E-state index contributed by atoms with van der Waals surface area (Å²) in [6.45, 7) is 2.02. The first-order chi connectivity index (χ1) is 2.89. The topological polar surface area (TPSA) is 32.1 Å². The number of nitrogens with zero attached hydrogens (tertiary/aromatic N) is 1. The molecular formula is C3H7ClN2O. The van der Waals surface area contributed by atoms with Gasteiger partial charge in [0.1, 0.15) is 0 Å². The van der Waals surface area contributed by atoms with Crippen molar-refractivity contribution in [2.75, 3.05) is 19.8 Å². The molecule has 0 amide bonds. The monoisotopic (exact) mass is 122 g/mol. The van der Waals surface area contributed by atoms with Crippen molar-refractivity contribution >= 4 is 0 Å². The summed E-state index contributed by atoms with van der Waals surface area (Å²) >= 11 is 0. The second-order valence-corrected chi connectivity index (χ2v) is 1.36. The van der Waals surface area contributed by atoms with E-state index in [2.05, 4.69) is 5.32 Å². The number of hydrogen-bond donors (Lipinski definition) is 1. The molecule has 42 valence electrons. The van der Waals surface area contributed by atoms with Crippen molar-refractivity contribution in [3.63, 3.8) is 0 Å². The number of halogens is 1. The fourth-order valence-corrected chi connectivity index (χ4v) is 0.487. The van der Waals surface area contributed by atoms with Gasteiger partial charge >= 0.3 is 0 Å². The lowest BCUT2D eigenvalue weighted by Crippen LogP contribution is -3.00. The van der Waals surface area contributed by atoms with E-state index in [0.717, 1.165) is 11.3 Å². The lowest BCUT2D eigenvalue weighted by Gasteiger charge is -1.67. The molecule has 0 aromatic heterocycles. The first kappa shape index (κ1) is 6.85. The van der Waals surface area contributed by atoms with Gasteiger partial charge in [0.15, 0.2) is 0 Å². The van der Waals surface area contributed by atoms with E-state index in [-0.39, 0.29) is 12.4 Å². The minimum atomic E-state index is 0. The van der Waals surface area contributed by atoms with Crippen molar-refractivity contribution in [3.8, 4) is 0 Å². The summed E-state index contributed by atoms with van der Waals surface area (Å²) in [5, 5.41) is 2.89. The molecule has 0 radical (unpaired) electrons. The predicted octanol–water partition coefficient (Wildman–Crippen LogP) is -3.67. The summed E-state index contributed by atoms with van der Waals surface area (Å²) in [6, 6.07) is 0. The van der Waals surface area contributed by atoms with Crippen molar-refractivity contribution < 1.29 is 17.2 Å². The molecule has 1 aliphatic rings. The Bertz CT molecular complexity index is 67.3. The molecule has 0 aromatic rings. The highest BCUT2D eigenvalue weighted by Gasteiger charge is 2.12. The number of nitrogens with one attached hydrogen (secondary N) is 1. The second kappa shape index (κ2) is 2.93. The summed E-state index contributed by atoms with van der Waals surface area (Å²) < 4.78 is 1.00. The Morgan fingerprint density at radius 2 is 2.29 bits per heavy atom. The molecule has 1 N–H and O–H groups in total. The Morgan fingerprint density at radius 1 is 1.57 bits per heavy atom. The van der Waals surface area contributed by atoms with Crippen LogP contribution in [-0.2, 0) is 0 Å². The van der Waals surface area contributed by atoms with Gasteiger partial charge in [-0.25, -0.2) is 0 Å². The standard InChI is InChI=1S/C3H7N2O.ClH/c6-5-2-1-4-3-5;/h4H,1-3H2;1H/q+1;/p-1. The van der Waals surface area contributed by atoms with Crippen LogP contribution in [0.5, 0.6) is 0 Å². The number of rotatable bonds is 0. The van der Waals surface area contributed by atoms with E-state index in [1.54, 1.807) is 0 Å². The van der Waals surface area contributed by atoms with Crippen LogP contribution in [0.4, 0.5) is 0 Å². The van der Waals surface area contributed by atoms with Gasteiger partial charge < -0.3 is 12.4 Å². The van der Waals surface area contributed by atoms with Gasteiger partial charge in [-0.2, -0.15) is 0 Å². The van der Waals surface area contributed by atoms with E-state index in [4.69, 9.17) is 0 Å². The van der Waals surface area contributed by atoms with Gasteiger partial charge in [-0.05, 0) is 0 Å². The highest BCUT2D eigenvalue weighted by atomic mass is 35.5. The average molecular weight is 123 g/mol. The zero-order valence-corrected chi connectivity index (χ0v) is 4.61. The van der Waals surface area contributed by atoms with E-state index in [1.165, 1.54) is 0 Å². The minimum Gasteiger partial charge on any atom is -1.00 e. The quantitative estimate of drug-likeness (QED) is 0.336. The van der Waals surface area contributed by atoms with E-state index in [9.17, 15) is 4.91 Å². The molecule has 0 spiro atoms. The second-order valence-electron chi connectivity index (χ2n) is 1.36. The zero-order valence-electron chi connectivity index (χ0n) is 3.85. The third-order valence-electron chi connectivity index (χ3n) is 0.826. The molecule has 3 nitrogen and oxygen atoms in total. The van der Waals surface area contributed by atoms with E-state index >= 15 is 0 Å². The molecule has 1 rings (SSSR count). The molecule has 0 bridgehead atoms. The summed E-state index contributed by atoms with van der Waals surface area (Å²) in [5.74, 6) is 0. The predicted molar refractivity (Wildman–Crippen MR) is 21.4 cm³/mol. The Morgan fingerprint density at radius 3 is 2.43 bits per heavy atom. The van der Waals surface area contributed by atoms with Crippen molar-refractivity contribution in [1.82, 2.24) is 5.32 Å². The SMILES string of the molecule is O=[N+]1CCNC1.[Cl-]. The highest BCUT2D eigenvalue weighted by Crippen LogP contribution is 1.75. The lowest BCUT2D eigenvalue weighted by molar-refractivity contribution is -0.528. The smallest absolute Gasteiger partial charge is 0.245 e. The maximum atomic E-state index is 10.1. The van der Waals surface area contributed by atoms with Crippen LogP contribution in [0.1, 0.15) is 0 Å². The largest absolute Gasteiger partial charge is 1.00 e. The third kappa shape index (κ3) is 1.85. The van der Waals surface area contributed by atoms with Crippen LogP contribution in [0.25, 0.3) is 0 Å². The zero-order chi connectivity index (χ0) is 4.41. The van der Waals surface area contributed by atoms with E-state index in [1.807, 2.05) is 0 Å². The highest BCUT2D eigenvalue weighted by molar-refractivity contribution is 4.41. The minimum absolute atomic E-state index is 0. The van der Waals surface area contributed by atoms with Gasteiger partial charge in [0, 0.05) is 9.67 Å². The van der Waals surface area contributed by atoms with Gasteiger partial charge in [-0.3, -0.25) is 5.32 Å².